The number of amides is 3. The Hall–Kier alpha value is -1.30. The molecule has 22 heavy (non-hydrogen) atoms. The first-order valence-electron chi connectivity index (χ1n) is 8.55. The second-order valence-electron chi connectivity index (χ2n) is 6.75. The molecule has 1 saturated heterocycles. The molecule has 0 bridgehead atoms. The summed E-state index contributed by atoms with van der Waals surface area (Å²) in [4.78, 5) is 28.4. The average molecular weight is 310 g/mol. The number of nitrogens with one attached hydrogen (secondary N) is 1. The molecule has 2 unspecified atom stereocenters. The van der Waals surface area contributed by atoms with Gasteiger partial charge in [-0.1, -0.05) is 12.8 Å². The van der Waals surface area contributed by atoms with Crippen molar-refractivity contribution in [3.8, 4) is 0 Å². The maximum Gasteiger partial charge on any atom is 0.317 e. The number of rotatable bonds is 4. The molecular formula is C16H30N4O2. The van der Waals surface area contributed by atoms with E-state index in [-0.39, 0.29) is 23.9 Å². The summed E-state index contributed by atoms with van der Waals surface area (Å²) in [5.74, 6) is 0.0124. The number of likely N-dealkylation sites (tertiary alicyclic amines) is 1. The normalized spacial score (nSPS) is 24.1. The van der Waals surface area contributed by atoms with Gasteiger partial charge in [-0.05, 0) is 32.6 Å². The molecule has 1 heterocycles. The van der Waals surface area contributed by atoms with Crippen LogP contribution in [0.25, 0.3) is 0 Å². The van der Waals surface area contributed by atoms with E-state index in [1.807, 2.05) is 11.8 Å². The summed E-state index contributed by atoms with van der Waals surface area (Å²) in [6.45, 7) is 3.68. The standard InChI is InChI=1S/C16H30N4O2/c1-12(10-17)19(2)15(21)13-6-5-9-20(11-13)16(22)18-14-7-3-4-8-14/h12-14H,3-11,17H2,1-2H3,(H,18,22). The van der Waals surface area contributed by atoms with Crippen molar-refractivity contribution < 1.29 is 9.59 Å². The van der Waals surface area contributed by atoms with E-state index in [1.54, 1.807) is 11.9 Å². The van der Waals surface area contributed by atoms with Crippen molar-refractivity contribution in [2.24, 2.45) is 11.7 Å². The van der Waals surface area contributed by atoms with Crippen molar-refractivity contribution >= 4 is 11.9 Å². The summed E-state index contributed by atoms with van der Waals surface area (Å²) in [5.41, 5.74) is 5.64. The van der Waals surface area contributed by atoms with Gasteiger partial charge in [0.15, 0.2) is 0 Å². The lowest BCUT2D eigenvalue weighted by Crippen LogP contribution is -2.52. The zero-order valence-corrected chi connectivity index (χ0v) is 13.9. The highest BCUT2D eigenvalue weighted by Crippen LogP contribution is 2.21. The van der Waals surface area contributed by atoms with Crippen molar-refractivity contribution in [1.82, 2.24) is 15.1 Å². The van der Waals surface area contributed by atoms with Gasteiger partial charge in [-0.2, -0.15) is 0 Å². The highest BCUT2D eigenvalue weighted by molar-refractivity contribution is 5.81. The molecule has 0 radical (unpaired) electrons. The number of hydrogen-bond acceptors (Lipinski definition) is 3. The Morgan fingerprint density at radius 2 is 1.95 bits per heavy atom. The fourth-order valence-electron chi connectivity index (χ4n) is 3.36. The van der Waals surface area contributed by atoms with Gasteiger partial charge in [-0.15, -0.1) is 0 Å². The number of carbonyl (C=O) groups excluding carboxylic acids is 2. The highest BCUT2D eigenvalue weighted by Gasteiger charge is 2.32. The fourth-order valence-corrected chi connectivity index (χ4v) is 3.36. The van der Waals surface area contributed by atoms with Crippen LogP contribution in [0.4, 0.5) is 4.79 Å². The second-order valence-corrected chi connectivity index (χ2v) is 6.75. The molecule has 3 amide bonds. The molecule has 0 aromatic heterocycles. The Balaban J connectivity index is 1.87. The minimum absolute atomic E-state index is 0.000994. The predicted octanol–water partition coefficient (Wildman–Crippen LogP) is 1.16. The average Bonchev–Trinajstić information content (AvgIpc) is 3.05. The number of nitrogens with two attached hydrogens (primary N) is 1. The zero-order valence-electron chi connectivity index (χ0n) is 13.9. The van der Waals surface area contributed by atoms with Gasteiger partial charge in [0.1, 0.15) is 0 Å². The lowest BCUT2D eigenvalue weighted by Gasteiger charge is -2.35. The quantitative estimate of drug-likeness (QED) is 0.818. The summed E-state index contributed by atoms with van der Waals surface area (Å²) in [6.07, 6.45) is 6.31. The van der Waals surface area contributed by atoms with Gasteiger partial charge in [0.05, 0.1) is 5.92 Å². The fraction of sp³-hybridized carbons (Fsp3) is 0.875. The van der Waals surface area contributed by atoms with Crippen molar-refractivity contribution in [2.75, 3.05) is 26.7 Å². The number of hydrogen-bond donors (Lipinski definition) is 2. The minimum atomic E-state index is -0.0953. The van der Waals surface area contributed by atoms with Crippen molar-refractivity contribution in [3.63, 3.8) is 0 Å². The van der Waals surface area contributed by atoms with Gasteiger partial charge in [0, 0.05) is 38.8 Å². The van der Waals surface area contributed by atoms with Crippen LogP contribution in [0.2, 0.25) is 0 Å². The van der Waals surface area contributed by atoms with Crippen LogP contribution in [0.5, 0.6) is 0 Å². The molecule has 0 spiro atoms. The molecule has 1 saturated carbocycles. The Morgan fingerprint density at radius 1 is 1.27 bits per heavy atom. The van der Waals surface area contributed by atoms with Crippen molar-refractivity contribution in [1.29, 1.82) is 0 Å². The van der Waals surface area contributed by atoms with E-state index in [2.05, 4.69) is 5.32 Å². The van der Waals surface area contributed by atoms with Crippen LogP contribution in [0.15, 0.2) is 0 Å². The summed E-state index contributed by atoms with van der Waals surface area (Å²) >= 11 is 0. The maximum atomic E-state index is 12.5. The predicted molar refractivity (Wildman–Crippen MR) is 86.4 cm³/mol. The van der Waals surface area contributed by atoms with Crippen LogP contribution in [0.1, 0.15) is 45.4 Å². The van der Waals surface area contributed by atoms with E-state index in [0.717, 1.165) is 32.2 Å². The molecule has 126 valence electrons. The summed E-state index contributed by atoms with van der Waals surface area (Å²) in [5, 5.41) is 3.11. The molecule has 6 nitrogen and oxygen atoms in total. The smallest absolute Gasteiger partial charge is 0.317 e. The molecule has 2 fully saturated rings. The molecule has 0 aromatic carbocycles. The first-order chi connectivity index (χ1) is 10.5. The lowest BCUT2D eigenvalue weighted by molar-refractivity contribution is -0.137. The van der Waals surface area contributed by atoms with Crippen LogP contribution in [-0.4, -0.2) is 60.5 Å². The van der Waals surface area contributed by atoms with E-state index in [1.165, 1.54) is 12.8 Å². The van der Waals surface area contributed by atoms with E-state index in [0.29, 0.717) is 19.1 Å². The van der Waals surface area contributed by atoms with Gasteiger partial charge in [0.2, 0.25) is 5.91 Å². The first kappa shape index (κ1) is 17.1. The first-order valence-corrected chi connectivity index (χ1v) is 8.55. The number of carbonyl (C=O) groups is 2. The van der Waals surface area contributed by atoms with Crippen LogP contribution >= 0.6 is 0 Å². The number of nitrogens with zero attached hydrogens (tertiary/aromatic N) is 2. The second kappa shape index (κ2) is 7.81. The summed E-state index contributed by atoms with van der Waals surface area (Å²) in [6, 6.07) is 0.359. The van der Waals surface area contributed by atoms with Crippen LogP contribution in [0, 0.1) is 5.92 Å². The third kappa shape index (κ3) is 4.12. The number of piperidine rings is 1. The van der Waals surface area contributed by atoms with Gasteiger partial charge in [0.25, 0.3) is 0 Å². The SMILES string of the molecule is CC(CN)N(C)C(=O)C1CCCN(C(=O)NC2CCCC2)C1. The van der Waals surface area contributed by atoms with Crippen LogP contribution in [-0.2, 0) is 4.79 Å². The monoisotopic (exact) mass is 310 g/mol. The van der Waals surface area contributed by atoms with Gasteiger partial charge in [-0.3, -0.25) is 4.79 Å². The third-order valence-corrected chi connectivity index (χ3v) is 5.09. The third-order valence-electron chi connectivity index (χ3n) is 5.09. The molecule has 6 heteroatoms. The maximum absolute atomic E-state index is 12.5. The van der Waals surface area contributed by atoms with E-state index in [4.69, 9.17) is 5.73 Å². The topological polar surface area (TPSA) is 78.7 Å². The molecule has 0 aromatic rings. The van der Waals surface area contributed by atoms with Crippen molar-refractivity contribution in [3.05, 3.63) is 0 Å². The van der Waals surface area contributed by atoms with Crippen LogP contribution in [0.3, 0.4) is 0 Å². The van der Waals surface area contributed by atoms with E-state index in [9.17, 15) is 9.59 Å². The number of urea groups is 1. The highest BCUT2D eigenvalue weighted by atomic mass is 16.2. The molecular weight excluding hydrogens is 280 g/mol. The summed E-state index contributed by atoms with van der Waals surface area (Å²) in [7, 11) is 1.80. The van der Waals surface area contributed by atoms with Gasteiger partial charge in [-0.25, -0.2) is 4.79 Å². The minimum Gasteiger partial charge on any atom is -0.341 e. The zero-order chi connectivity index (χ0) is 16.1. The van der Waals surface area contributed by atoms with E-state index < -0.39 is 0 Å². The largest absolute Gasteiger partial charge is 0.341 e. The van der Waals surface area contributed by atoms with Gasteiger partial charge < -0.3 is 20.9 Å². The lowest BCUT2D eigenvalue weighted by atomic mass is 9.96. The molecule has 1 aliphatic carbocycles. The van der Waals surface area contributed by atoms with Gasteiger partial charge >= 0.3 is 6.03 Å². The molecule has 2 aliphatic rings. The number of likely N-dealkylation sites (N-methyl/N-ethyl adjacent to an activating group) is 1. The summed E-state index contributed by atoms with van der Waals surface area (Å²) < 4.78 is 0. The molecule has 3 N–H and O–H groups in total. The Bertz CT molecular complexity index is 396. The molecule has 2 atom stereocenters. The molecule has 2 rings (SSSR count). The van der Waals surface area contributed by atoms with Crippen molar-refractivity contribution in [2.45, 2.75) is 57.5 Å². The van der Waals surface area contributed by atoms with E-state index >= 15 is 0 Å². The molecule has 1 aliphatic heterocycles. The Kier molecular flexibility index (Phi) is 6.06. The Labute approximate surface area is 133 Å². The Morgan fingerprint density at radius 3 is 2.59 bits per heavy atom. The van der Waals surface area contributed by atoms with Crippen LogP contribution < -0.4 is 11.1 Å².